The predicted molar refractivity (Wildman–Crippen MR) is 91.5 cm³/mol. The third-order valence-corrected chi connectivity index (χ3v) is 4.83. The van der Waals surface area contributed by atoms with E-state index in [2.05, 4.69) is 43.0 Å². The highest BCUT2D eigenvalue weighted by Crippen LogP contribution is 2.36. The van der Waals surface area contributed by atoms with Crippen LogP contribution in [-0.4, -0.2) is 0 Å². The lowest BCUT2D eigenvalue weighted by Crippen LogP contribution is -2.11. The van der Waals surface area contributed by atoms with Crippen molar-refractivity contribution in [3.8, 4) is 17.2 Å². The molecule has 0 radical (unpaired) electrons. The highest BCUT2D eigenvalue weighted by molar-refractivity contribution is 5.64. The highest BCUT2D eigenvalue weighted by atomic mass is 14.3. The Morgan fingerprint density at radius 1 is 0.864 bits per heavy atom. The van der Waals surface area contributed by atoms with Gasteiger partial charge in [-0.2, -0.15) is 5.26 Å². The van der Waals surface area contributed by atoms with Crippen molar-refractivity contribution in [3.05, 3.63) is 72.3 Å². The van der Waals surface area contributed by atoms with Gasteiger partial charge in [-0.15, -0.1) is 6.58 Å². The van der Waals surface area contributed by atoms with Gasteiger partial charge in [0.25, 0.3) is 0 Å². The second-order valence-corrected chi connectivity index (χ2v) is 6.16. The number of hydrogen-bond acceptors (Lipinski definition) is 1. The molecule has 0 aliphatic heterocycles. The van der Waals surface area contributed by atoms with Crippen molar-refractivity contribution in [3.63, 3.8) is 0 Å². The van der Waals surface area contributed by atoms with Crippen molar-refractivity contribution in [2.24, 2.45) is 5.92 Å². The molecule has 0 bridgehead atoms. The lowest BCUT2D eigenvalue weighted by atomic mass is 9.78. The zero-order valence-electron chi connectivity index (χ0n) is 12.8. The van der Waals surface area contributed by atoms with Gasteiger partial charge in [-0.1, -0.05) is 42.5 Å². The van der Waals surface area contributed by atoms with Gasteiger partial charge in [0.15, 0.2) is 0 Å². The van der Waals surface area contributed by atoms with E-state index in [9.17, 15) is 0 Å². The Morgan fingerprint density at radius 3 is 1.91 bits per heavy atom. The summed E-state index contributed by atoms with van der Waals surface area (Å²) in [5, 5.41) is 8.86. The lowest BCUT2D eigenvalue weighted by Gasteiger charge is -2.27. The molecule has 1 aliphatic carbocycles. The van der Waals surface area contributed by atoms with E-state index in [0.29, 0.717) is 17.4 Å². The molecular formula is C21H21N. The van der Waals surface area contributed by atoms with Crippen molar-refractivity contribution in [1.29, 1.82) is 5.26 Å². The molecule has 110 valence electrons. The van der Waals surface area contributed by atoms with E-state index in [1.54, 1.807) is 0 Å². The first-order valence-electron chi connectivity index (χ1n) is 8.03. The Kier molecular flexibility index (Phi) is 4.39. The highest BCUT2D eigenvalue weighted by Gasteiger charge is 2.20. The fourth-order valence-corrected chi connectivity index (χ4v) is 3.37. The van der Waals surface area contributed by atoms with Crippen molar-refractivity contribution < 1.29 is 0 Å². The number of benzene rings is 2. The predicted octanol–water partition coefficient (Wildman–Crippen LogP) is 5.69. The van der Waals surface area contributed by atoms with Gasteiger partial charge in [-0.25, -0.2) is 0 Å². The minimum absolute atomic E-state index is 0.700. The van der Waals surface area contributed by atoms with Crippen molar-refractivity contribution in [1.82, 2.24) is 0 Å². The van der Waals surface area contributed by atoms with E-state index in [1.807, 2.05) is 24.3 Å². The van der Waals surface area contributed by atoms with Crippen LogP contribution in [0.15, 0.2) is 61.2 Å². The lowest BCUT2D eigenvalue weighted by molar-refractivity contribution is 0.376. The molecule has 1 heteroatoms. The fraction of sp³-hybridized carbons (Fsp3) is 0.286. The molecule has 0 heterocycles. The summed E-state index contributed by atoms with van der Waals surface area (Å²) in [6.45, 7) is 3.92. The maximum Gasteiger partial charge on any atom is 0.0991 e. The molecule has 0 spiro atoms. The summed E-state index contributed by atoms with van der Waals surface area (Å²) in [6, 6.07) is 18.9. The standard InChI is InChI=1S/C21H21N/c1-2-16-3-7-18(8-4-16)20-11-13-21(14-12-20)19-9-5-17(15-22)6-10-19/h2,5-6,9-14,16,18H,1,3-4,7-8H2. The molecule has 2 aromatic rings. The van der Waals surface area contributed by atoms with Gasteiger partial charge in [-0.3, -0.25) is 0 Å². The van der Waals surface area contributed by atoms with Crippen LogP contribution in [0.1, 0.15) is 42.7 Å². The number of allylic oxidation sites excluding steroid dienone is 1. The molecule has 0 amide bonds. The molecule has 3 rings (SSSR count). The summed E-state index contributed by atoms with van der Waals surface area (Å²) in [6.07, 6.45) is 7.20. The Hall–Kier alpha value is -2.33. The first kappa shape index (κ1) is 14.6. The molecule has 1 saturated carbocycles. The third-order valence-electron chi connectivity index (χ3n) is 4.83. The van der Waals surface area contributed by atoms with Crippen LogP contribution in [0.2, 0.25) is 0 Å². The first-order chi connectivity index (χ1) is 10.8. The number of hydrogen-bond donors (Lipinski definition) is 0. The molecule has 0 unspecified atom stereocenters. The zero-order valence-corrected chi connectivity index (χ0v) is 12.8. The summed E-state index contributed by atoms with van der Waals surface area (Å²) in [4.78, 5) is 0. The van der Waals surface area contributed by atoms with Crippen LogP contribution < -0.4 is 0 Å². The van der Waals surface area contributed by atoms with Crippen LogP contribution in [0.4, 0.5) is 0 Å². The van der Waals surface area contributed by atoms with Crippen molar-refractivity contribution >= 4 is 0 Å². The summed E-state index contributed by atoms with van der Waals surface area (Å²) in [5.74, 6) is 1.42. The summed E-state index contributed by atoms with van der Waals surface area (Å²) < 4.78 is 0. The Bertz CT molecular complexity index is 665. The molecule has 2 aromatic carbocycles. The summed E-state index contributed by atoms with van der Waals surface area (Å²) in [7, 11) is 0. The monoisotopic (exact) mass is 287 g/mol. The van der Waals surface area contributed by atoms with E-state index in [1.165, 1.54) is 42.4 Å². The van der Waals surface area contributed by atoms with Crippen LogP contribution in [0.3, 0.4) is 0 Å². The quantitative estimate of drug-likeness (QED) is 0.666. The average molecular weight is 287 g/mol. The molecule has 0 saturated heterocycles. The minimum atomic E-state index is 0.700. The minimum Gasteiger partial charge on any atom is -0.192 e. The second kappa shape index (κ2) is 6.62. The second-order valence-electron chi connectivity index (χ2n) is 6.16. The smallest absolute Gasteiger partial charge is 0.0991 e. The number of rotatable bonds is 3. The summed E-state index contributed by atoms with van der Waals surface area (Å²) >= 11 is 0. The maximum absolute atomic E-state index is 8.86. The Balaban J connectivity index is 1.72. The van der Waals surface area contributed by atoms with Gasteiger partial charge in [0.1, 0.15) is 0 Å². The van der Waals surface area contributed by atoms with Gasteiger partial charge >= 0.3 is 0 Å². The molecule has 0 N–H and O–H groups in total. The first-order valence-corrected chi connectivity index (χ1v) is 8.03. The topological polar surface area (TPSA) is 23.8 Å². The van der Waals surface area contributed by atoms with E-state index in [-0.39, 0.29) is 0 Å². The molecule has 0 aromatic heterocycles. The number of nitrogens with zero attached hydrogens (tertiary/aromatic N) is 1. The Morgan fingerprint density at radius 2 is 1.41 bits per heavy atom. The van der Waals surface area contributed by atoms with Gasteiger partial charge in [0.2, 0.25) is 0 Å². The van der Waals surface area contributed by atoms with Crippen LogP contribution in [0.5, 0.6) is 0 Å². The van der Waals surface area contributed by atoms with Crippen molar-refractivity contribution in [2.75, 3.05) is 0 Å². The molecule has 22 heavy (non-hydrogen) atoms. The molecule has 1 aliphatic rings. The van der Waals surface area contributed by atoms with Gasteiger partial charge in [0, 0.05) is 0 Å². The molecule has 0 atom stereocenters. The third kappa shape index (κ3) is 3.12. The van der Waals surface area contributed by atoms with Crippen LogP contribution in [0.25, 0.3) is 11.1 Å². The van der Waals surface area contributed by atoms with E-state index < -0.39 is 0 Å². The maximum atomic E-state index is 8.86. The molecular weight excluding hydrogens is 266 g/mol. The van der Waals surface area contributed by atoms with Crippen LogP contribution in [0, 0.1) is 17.2 Å². The molecule has 1 nitrogen and oxygen atoms in total. The normalized spacial score (nSPS) is 21.0. The van der Waals surface area contributed by atoms with Gasteiger partial charge in [0.05, 0.1) is 11.6 Å². The van der Waals surface area contributed by atoms with Crippen molar-refractivity contribution in [2.45, 2.75) is 31.6 Å². The SMILES string of the molecule is C=CC1CCC(c2ccc(-c3ccc(C#N)cc3)cc2)CC1. The van der Waals surface area contributed by atoms with Gasteiger partial charge < -0.3 is 0 Å². The van der Waals surface area contributed by atoms with Gasteiger partial charge in [-0.05, 0) is 66.3 Å². The zero-order chi connectivity index (χ0) is 15.4. The average Bonchev–Trinajstić information content (AvgIpc) is 2.62. The Labute approximate surface area is 132 Å². The van der Waals surface area contributed by atoms with Crippen LogP contribution >= 0.6 is 0 Å². The van der Waals surface area contributed by atoms with E-state index in [4.69, 9.17) is 5.26 Å². The van der Waals surface area contributed by atoms with E-state index >= 15 is 0 Å². The molecule has 1 fully saturated rings. The van der Waals surface area contributed by atoms with E-state index in [0.717, 1.165) is 0 Å². The number of nitriles is 1. The summed E-state index contributed by atoms with van der Waals surface area (Å²) in [5.41, 5.74) is 4.55. The fourth-order valence-electron chi connectivity index (χ4n) is 3.37. The largest absolute Gasteiger partial charge is 0.192 e. The van der Waals surface area contributed by atoms with Crippen LogP contribution in [-0.2, 0) is 0 Å².